The van der Waals surface area contributed by atoms with Crippen molar-refractivity contribution in [2.45, 2.75) is 32.7 Å². The number of thiazole rings is 1. The van der Waals surface area contributed by atoms with E-state index in [1.807, 2.05) is 43.5 Å². The number of aromatic amines is 1. The van der Waals surface area contributed by atoms with Crippen molar-refractivity contribution >= 4 is 45.1 Å². The fourth-order valence-electron chi connectivity index (χ4n) is 4.34. The lowest BCUT2D eigenvalue weighted by atomic mass is 10.0. The van der Waals surface area contributed by atoms with E-state index in [1.54, 1.807) is 18.3 Å². The molecule has 0 radical (unpaired) electrons. The lowest BCUT2D eigenvalue weighted by Crippen LogP contribution is -2.44. The standard InChI is InChI=1S/C28H25N3O6S/c1-3-16-8-19-24(36-12-20(26(19)33)27-30-15(2)14-38-27)10-23(16)37-13-25(32)31-22(28(34)35)9-17-11-29-21-7-5-4-6-18(17)21/h4-8,10-12,14,22,29H,3,9,13H2,1-2H3,(H,31,32)(H,34,35)/t22-/m1/s1. The first kappa shape index (κ1) is 25.2. The van der Waals surface area contributed by atoms with E-state index in [9.17, 15) is 19.5 Å². The molecule has 0 aliphatic rings. The molecule has 1 atom stereocenters. The van der Waals surface area contributed by atoms with Crippen LogP contribution in [0.5, 0.6) is 5.75 Å². The number of hydrogen-bond donors (Lipinski definition) is 3. The number of benzene rings is 2. The number of hydrogen-bond acceptors (Lipinski definition) is 7. The molecule has 0 unspecified atom stereocenters. The van der Waals surface area contributed by atoms with Gasteiger partial charge in [-0.15, -0.1) is 11.3 Å². The highest BCUT2D eigenvalue weighted by molar-refractivity contribution is 7.13. The average molecular weight is 532 g/mol. The Morgan fingerprint density at radius 3 is 2.76 bits per heavy atom. The number of amides is 1. The lowest BCUT2D eigenvalue weighted by Gasteiger charge is -2.16. The predicted octanol–water partition coefficient (Wildman–Crippen LogP) is 4.46. The van der Waals surface area contributed by atoms with Crippen molar-refractivity contribution in [3.8, 4) is 16.3 Å². The number of ether oxygens (including phenoxy) is 1. The quantitative estimate of drug-likeness (QED) is 0.256. The number of rotatable bonds is 9. The number of nitrogens with one attached hydrogen (secondary N) is 2. The number of para-hydroxylation sites is 1. The van der Waals surface area contributed by atoms with Crippen molar-refractivity contribution in [1.82, 2.24) is 15.3 Å². The van der Waals surface area contributed by atoms with E-state index in [4.69, 9.17) is 9.15 Å². The van der Waals surface area contributed by atoms with Crippen LogP contribution in [0, 0.1) is 6.92 Å². The van der Waals surface area contributed by atoms with Gasteiger partial charge in [0.15, 0.2) is 6.61 Å². The van der Waals surface area contributed by atoms with Gasteiger partial charge >= 0.3 is 5.97 Å². The van der Waals surface area contributed by atoms with Gasteiger partial charge in [-0.25, -0.2) is 9.78 Å². The van der Waals surface area contributed by atoms with E-state index in [0.29, 0.717) is 33.7 Å². The topological polar surface area (TPSA) is 135 Å². The third kappa shape index (κ3) is 5.03. The minimum Gasteiger partial charge on any atom is -0.483 e. The third-order valence-electron chi connectivity index (χ3n) is 6.28. The van der Waals surface area contributed by atoms with Crippen LogP contribution >= 0.6 is 11.3 Å². The molecule has 38 heavy (non-hydrogen) atoms. The Morgan fingerprint density at radius 1 is 1.21 bits per heavy atom. The average Bonchev–Trinajstić information content (AvgIpc) is 3.53. The molecule has 5 rings (SSSR count). The summed E-state index contributed by atoms with van der Waals surface area (Å²) < 4.78 is 11.5. The number of H-pyrrole nitrogens is 1. The van der Waals surface area contributed by atoms with Gasteiger partial charge in [0.2, 0.25) is 5.43 Å². The van der Waals surface area contributed by atoms with E-state index >= 15 is 0 Å². The van der Waals surface area contributed by atoms with Crippen molar-refractivity contribution in [1.29, 1.82) is 0 Å². The maximum Gasteiger partial charge on any atom is 0.326 e. The van der Waals surface area contributed by atoms with E-state index in [1.165, 1.54) is 17.6 Å². The van der Waals surface area contributed by atoms with Crippen LogP contribution in [-0.2, 0) is 22.4 Å². The zero-order chi connectivity index (χ0) is 26.8. The molecular weight excluding hydrogens is 506 g/mol. The number of aliphatic carboxylic acids is 1. The van der Waals surface area contributed by atoms with Gasteiger partial charge in [-0.2, -0.15) is 0 Å². The van der Waals surface area contributed by atoms with Gasteiger partial charge in [0.05, 0.1) is 10.9 Å². The second-order valence-corrected chi connectivity index (χ2v) is 9.75. The number of nitrogens with zero attached hydrogens (tertiary/aromatic N) is 1. The van der Waals surface area contributed by atoms with Crippen LogP contribution in [0.2, 0.25) is 0 Å². The maximum atomic E-state index is 13.1. The molecule has 0 fully saturated rings. The van der Waals surface area contributed by atoms with Crippen molar-refractivity contribution in [2.75, 3.05) is 6.61 Å². The Balaban J connectivity index is 1.32. The molecule has 0 spiro atoms. The molecule has 3 heterocycles. The summed E-state index contributed by atoms with van der Waals surface area (Å²) in [7, 11) is 0. The molecule has 0 saturated carbocycles. The second kappa shape index (κ2) is 10.5. The Kier molecular flexibility index (Phi) is 6.97. The highest BCUT2D eigenvalue weighted by atomic mass is 32.1. The molecule has 9 nitrogen and oxygen atoms in total. The molecule has 10 heteroatoms. The predicted molar refractivity (Wildman–Crippen MR) is 145 cm³/mol. The van der Waals surface area contributed by atoms with E-state index < -0.39 is 24.5 Å². The zero-order valence-electron chi connectivity index (χ0n) is 20.7. The van der Waals surface area contributed by atoms with Crippen LogP contribution in [0.4, 0.5) is 0 Å². The van der Waals surface area contributed by atoms with Gasteiger partial charge in [0, 0.05) is 40.7 Å². The van der Waals surface area contributed by atoms with Crippen LogP contribution in [-0.4, -0.2) is 39.6 Å². The van der Waals surface area contributed by atoms with Gasteiger partial charge in [-0.05, 0) is 36.6 Å². The Labute approximate surface area is 221 Å². The molecule has 2 aromatic carbocycles. The molecule has 194 valence electrons. The largest absolute Gasteiger partial charge is 0.483 e. The Bertz CT molecular complexity index is 1720. The summed E-state index contributed by atoms with van der Waals surface area (Å²) in [6.45, 7) is 3.38. The Morgan fingerprint density at radius 2 is 2.03 bits per heavy atom. The number of fused-ring (bicyclic) bond motifs is 2. The van der Waals surface area contributed by atoms with Crippen LogP contribution in [0.1, 0.15) is 23.7 Å². The summed E-state index contributed by atoms with van der Waals surface area (Å²) in [5, 5.41) is 16.0. The molecular formula is C28H25N3O6S. The summed E-state index contributed by atoms with van der Waals surface area (Å²) in [5.74, 6) is -1.33. The summed E-state index contributed by atoms with van der Waals surface area (Å²) in [6.07, 6.45) is 3.80. The van der Waals surface area contributed by atoms with Crippen molar-refractivity contribution in [3.05, 3.63) is 81.3 Å². The van der Waals surface area contributed by atoms with Crippen molar-refractivity contribution < 1.29 is 23.8 Å². The highest BCUT2D eigenvalue weighted by Crippen LogP contribution is 2.28. The van der Waals surface area contributed by atoms with Gasteiger partial charge in [-0.3, -0.25) is 9.59 Å². The zero-order valence-corrected chi connectivity index (χ0v) is 21.6. The first-order valence-electron chi connectivity index (χ1n) is 12.0. The number of aryl methyl sites for hydroxylation is 2. The van der Waals surface area contributed by atoms with Crippen LogP contribution in [0.3, 0.4) is 0 Å². The number of carbonyl (C=O) groups excluding carboxylic acids is 1. The molecule has 3 aromatic heterocycles. The smallest absolute Gasteiger partial charge is 0.326 e. The van der Waals surface area contributed by atoms with Gasteiger partial charge < -0.3 is 24.6 Å². The van der Waals surface area contributed by atoms with Crippen LogP contribution in [0.15, 0.2) is 63.4 Å². The maximum absolute atomic E-state index is 13.1. The summed E-state index contributed by atoms with van der Waals surface area (Å²) in [5.41, 5.74) is 3.75. The molecule has 0 saturated heterocycles. The highest BCUT2D eigenvalue weighted by Gasteiger charge is 2.23. The van der Waals surface area contributed by atoms with Gasteiger partial charge in [-0.1, -0.05) is 25.1 Å². The van der Waals surface area contributed by atoms with Crippen LogP contribution in [0.25, 0.3) is 32.4 Å². The number of aromatic nitrogens is 2. The SMILES string of the molecule is CCc1cc2c(=O)c(-c3nc(C)cs3)coc2cc1OCC(=O)N[C@H](Cc1c[nH]c2ccccc12)C(=O)O. The summed E-state index contributed by atoms with van der Waals surface area (Å²) in [4.78, 5) is 45.1. The van der Waals surface area contributed by atoms with E-state index in [-0.39, 0.29) is 11.8 Å². The number of carboxylic acid groups (broad SMARTS) is 1. The third-order valence-corrected chi connectivity index (χ3v) is 7.27. The molecule has 0 bridgehead atoms. The molecule has 0 aliphatic heterocycles. The lowest BCUT2D eigenvalue weighted by molar-refractivity contribution is -0.142. The van der Waals surface area contributed by atoms with Crippen LogP contribution < -0.4 is 15.5 Å². The number of carbonyl (C=O) groups is 2. The Hall–Kier alpha value is -4.44. The number of carboxylic acids is 1. The van der Waals surface area contributed by atoms with E-state index in [0.717, 1.165) is 27.7 Å². The molecule has 0 aliphatic carbocycles. The minimum atomic E-state index is -1.14. The summed E-state index contributed by atoms with van der Waals surface area (Å²) in [6, 6.07) is 9.72. The molecule has 1 amide bonds. The fraction of sp³-hybridized carbons (Fsp3) is 0.214. The minimum absolute atomic E-state index is 0.118. The monoisotopic (exact) mass is 531 g/mol. The fourth-order valence-corrected chi connectivity index (χ4v) is 5.14. The summed E-state index contributed by atoms with van der Waals surface area (Å²) >= 11 is 1.37. The van der Waals surface area contributed by atoms with E-state index in [2.05, 4.69) is 15.3 Å². The first-order chi connectivity index (χ1) is 18.3. The first-order valence-corrected chi connectivity index (χ1v) is 12.9. The van der Waals surface area contributed by atoms with Gasteiger partial charge in [0.25, 0.3) is 5.91 Å². The van der Waals surface area contributed by atoms with Crippen molar-refractivity contribution in [2.24, 2.45) is 0 Å². The molecule has 3 N–H and O–H groups in total. The molecule has 5 aromatic rings. The van der Waals surface area contributed by atoms with Gasteiger partial charge in [0.1, 0.15) is 28.6 Å². The normalized spacial score (nSPS) is 12.1. The van der Waals surface area contributed by atoms with Crippen molar-refractivity contribution in [3.63, 3.8) is 0 Å². The second-order valence-electron chi connectivity index (χ2n) is 8.89.